The van der Waals surface area contributed by atoms with Gasteiger partial charge in [0.1, 0.15) is 47.7 Å². The second-order valence-corrected chi connectivity index (χ2v) is 24.1. The monoisotopic (exact) mass is 1020 g/mol. The zero-order valence-electron chi connectivity index (χ0n) is 39.4. The fourth-order valence-electron chi connectivity index (χ4n) is 7.91. The Morgan fingerprint density at radius 1 is 0.194 bits per heavy atom. The van der Waals surface area contributed by atoms with Crippen LogP contribution in [0.2, 0.25) is 0 Å². The number of hydrogen-bond acceptors (Lipinski definition) is 3. The molecule has 0 fully saturated rings. The smallest absolute Gasteiger partial charge is 0.102 e. The molecule has 0 unspecified atom stereocenters. The predicted molar refractivity (Wildman–Crippen MR) is 303 cm³/mol. The molecule has 7 heteroatoms. The van der Waals surface area contributed by atoms with Gasteiger partial charge in [-0.2, -0.15) is 0 Å². The second kappa shape index (κ2) is 26.0. The van der Waals surface area contributed by atoms with Crippen LogP contribution in [0.5, 0.6) is 0 Å². The first kappa shape index (κ1) is 50.7. The second-order valence-electron chi connectivity index (χ2n) is 16.6. The molecule has 0 heterocycles. The van der Waals surface area contributed by atoms with E-state index in [1.54, 1.807) is 0 Å². The molecule has 0 saturated carbocycles. The molecule has 0 radical (unpaired) electrons. The Labute approximate surface area is 417 Å². The Morgan fingerprint density at radius 3 is 0.463 bits per heavy atom. The molecule has 338 valence electrons. The van der Waals surface area contributed by atoms with E-state index in [0.29, 0.717) is 0 Å². The summed E-state index contributed by atoms with van der Waals surface area (Å²) < 4.78 is 0. The SMILES string of the molecule is CN(C)c1ccc([PH+](c2ccccc2)c2ccccc2)cc1.CN(C)c1ccc([PH+](c2ccccc2)c2ccccc2)cc1.CN(C)c1ccc([PH+](c2ccccc2)c2ccccc2)cc1.[Ru]. The number of hydrogen-bond donors (Lipinski definition) is 0. The summed E-state index contributed by atoms with van der Waals surface area (Å²) in [7, 11) is 9.66. The van der Waals surface area contributed by atoms with Crippen LogP contribution in [-0.2, 0) is 19.5 Å². The molecule has 0 aliphatic heterocycles. The van der Waals surface area contributed by atoms with Crippen molar-refractivity contribution in [3.05, 3.63) is 255 Å². The number of benzene rings is 9. The molecule has 9 rings (SSSR count). The summed E-state index contributed by atoms with van der Waals surface area (Å²) in [6.45, 7) is 0. The minimum absolute atomic E-state index is 0. The topological polar surface area (TPSA) is 9.72 Å². The van der Waals surface area contributed by atoms with E-state index in [0.717, 1.165) is 0 Å². The van der Waals surface area contributed by atoms with E-state index < -0.39 is 23.8 Å². The first-order valence-electron chi connectivity index (χ1n) is 22.5. The van der Waals surface area contributed by atoms with Gasteiger partial charge in [0.2, 0.25) is 0 Å². The van der Waals surface area contributed by atoms with Crippen LogP contribution in [0, 0.1) is 0 Å². The standard InChI is InChI=1S/3C20H20NP.Ru/c3*1-21(2)17-13-15-20(16-14-17)22(18-9-5-3-6-10-18)19-11-7-4-8-12-19;/h3*3-16H,1-2H3;/p+3. The molecule has 0 saturated heterocycles. The molecule has 0 aromatic heterocycles. The predicted octanol–water partition coefficient (Wildman–Crippen LogP) is 9.73. The molecule has 0 N–H and O–H groups in total. The van der Waals surface area contributed by atoms with Crippen molar-refractivity contribution < 1.29 is 19.5 Å². The van der Waals surface area contributed by atoms with Crippen molar-refractivity contribution in [1.82, 2.24) is 0 Å². The van der Waals surface area contributed by atoms with Crippen molar-refractivity contribution in [3.8, 4) is 0 Å². The van der Waals surface area contributed by atoms with Gasteiger partial charge in [-0.25, -0.2) is 0 Å². The van der Waals surface area contributed by atoms with Crippen molar-refractivity contribution in [1.29, 1.82) is 0 Å². The normalized spacial score (nSPS) is 10.5. The Balaban J connectivity index is 0.000000165. The molecule has 9 aromatic carbocycles. The Bertz CT molecular complexity index is 2320. The van der Waals surface area contributed by atoms with Gasteiger partial charge in [0.05, 0.1) is 23.8 Å². The van der Waals surface area contributed by atoms with Crippen LogP contribution in [-0.4, -0.2) is 42.3 Å². The van der Waals surface area contributed by atoms with Crippen LogP contribution >= 0.6 is 23.8 Å². The van der Waals surface area contributed by atoms with Gasteiger partial charge in [-0.3, -0.25) is 0 Å². The van der Waals surface area contributed by atoms with Crippen molar-refractivity contribution in [2.24, 2.45) is 0 Å². The summed E-state index contributed by atoms with van der Waals surface area (Å²) in [5.74, 6) is 0. The molecule has 0 aliphatic carbocycles. The minimum atomic E-state index is -0.938. The first-order chi connectivity index (χ1) is 32.3. The molecule has 9 aromatic rings. The minimum Gasteiger partial charge on any atom is -0.378 e. The van der Waals surface area contributed by atoms with E-state index in [1.165, 1.54) is 64.8 Å². The van der Waals surface area contributed by atoms with Crippen molar-refractivity contribution in [3.63, 3.8) is 0 Å². The van der Waals surface area contributed by atoms with Crippen LogP contribution in [0.1, 0.15) is 0 Å². The van der Waals surface area contributed by atoms with Crippen LogP contribution < -0.4 is 62.4 Å². The van der Waals surface area contributed by atoms with Crippen LogP contribution in [0.15, 0.2) is 255 Å². The molecular formula is C60H63N3P3Ru+3. The average Bonchev–Trinajstić information content (AvgIpc) is 3.37. The zero-order chi connectivity index (χ0) is 46.1. The number of anilines is 3. The average molecular weight is 1020 g/mol. The molecule has 0 amide bonds. The molecular weight excluding hydrogens is 957 g/mol. The Morgan fingerprint density at radius 2 is 0.328 bits per heavy atom. The van der Waals surface area contributed by atoms with E-state index in [1.807, 2.05) is 0 Å². The van der Waals surface area contributed by atoms with Crippen molar-refractivity contribution in [2.45, 2.75) is 0 Å². The number of nitrogens with zero attached hydrogens (tertiary/aromatic N) is 3. The van der Waals surface area contributed by atoms with Gasteiger partial charge in [0, 0.05) is 78.8 Å². The van der Waals surface area contributed by atoms with Gasteiger partial charge in [-0.1, -0.05) is 109 Å². The maximum atomic E-state index is 2.28. The van der Waals surface area contributed by atoms with Gasteiger partial charge in [0.25, 0.3) is 0 Å². The summed E-state index contributed by atoms with van der Waals surface area (Å²) in [6, 6.07) is 92.1. The Kier molecular flexibility index (Phi) is 19.7. The molecule has 0 atom stereocenters. The van der Waals surface area contributed by atoms with E-state index in [2.05, 4.69) is 312 Å². The third-order valence-corrected chi connectivity index (χ3v) is 19.6. The molecule has 0 aliphatic rings. The van der Waals surface area contributed by atoms with E-state index >= 15 is 0 Å². The summed E-state index contributed by atoms with van der Waals surface area (Å²) in [4.78, 5) is 6.42. The fraction of sp³-hybridized carbons (Fsp3) is 0.100. The van der Waals surface area contributed by atoms with E-state index in [4.69, 9.17) is 0 Å². The third-order valence-electron chi connectivity index (χ3n) is 11.4. The quantitative estimate of drug-likeness (QED) is 0.0893. The summed E-state index contributed by atoms with van der Waals surface area (Å²) >= 11 is 0. The molecule has 67 heavy (non-hydrogen) atoms. The molecule has 3 nitrogen and oxygen atoms in total. The maximum Gasteiger partial charge on any atom is 0.102 e. The maximum absolute atomic E-state index is 2.28. The molecule has 0 spiro atoms. The largest absolute Gasteiger partial charge is 0.378 e. The van der Waals surface area contributed by atoms with E-state index in [-0.39, 0.29) is 19.5 Å². The van der Waals surface area contributed by atoms with Gasteiger partial charge < -0.3 is 14.7 Å². The molecule has 0 bridgehead atoms. The third kappa shape index (κ3) is 14.2. The summed E-state index contributed by atoms with van der Waals surface area (Å²) in [6.07, 6.45) is 0. The van der Waals surface area contributed by atoms with Crippen LogP contribution in [0.4, 0.5) is 17.1 Å². The van der Waals surface area contributed by atoms with Gasteiger partial charge in [0.15, 0.2) is 0 Å². The summed E-state index contributed by atoms with van der Waals surface area (Å²) in [5, 5.41) is 12.8. The van der Waals surface area contributed by atoms with Gasteiger partial charge in [-0.15, -0.1) is 0 Å². The Hall–Kier alpha value is -5.71. The van der Waals surface area contributed by atoms with Gasteiger partial charge in [-0.05, 0) is 146 Å². The van der Waals surface area contributed by atoms with Crippen LogP contribution in [0.25, 0.3) is 0 Å². The summed E-state index contributed by atoms with van der Waals surface area (Å²) in [5.41, 5.74) is 3.73. The van der Waals surface area contributed by atoms with Crippen molar-refractivity contribution in [2.75, 3.05) is 57.0 Å². The fourth-order valence-corrected chi connectivity index (χ4v) is 15.6. The van der Waals surface area contributed by atoms with Crippen molar-refractivity contribution >= 4 is 88.6 Å². The number of rotatable bonds is 12. The van der Waals surface area contributed by atoms with Gasteiger partial charge >= 0.3 is 0 Å². The zero-order valence-corrected chi connectivity index (χ0v) is 44.2. The van der Waals surface area contributed by atoms with Crippen LogP contribution in [0.3, 0.4) is 0 Å². The van der Waals surface area contributed by atoms with E-state index in [9.17, 15) is 0 Å². The first-order valence-corrected chi connectivity index (χ1v) is 27.0.